The van der Waals surface area contributed by atoms with Gasteiger partial charge in [0.15, 0.2) is 6.61 Å². The number of hydrogen-bond acceptors (Lipinski definition) is 3. The summed E-state index contributed by atoms with van der Waals surface area (Å²) in [7, 11) is 0. The zero-order valence-corrected chi connectivity index (χ0v) is 12.4. The molecule has 0 saturated carbocycles. The maximum Gasteiger partial charge on any atom is 0.277 e. The van der Waals surface area contributed by atoms with Gasteiger partial charge in [-0.05, 0) is 24.0 Å². The molecule has 4 nitrogen and oxygen atoms in total. The summed E-state index contributed by atoms with van der Waals surface area (Å²) in [6, 6.07) is 7.41. The number of carbonyl (C=O) groups is 1. The van der Waals surface area contributed by atoms with Crippen molar-refractivity contribution in [1.29, 1.82) is 0 Å². The molecule has 118 valence electrons. The van der Waals surface area contributed by atoms with E-state index >= 15 is 0 Å². The van der Waals surface area contributed by atoms with Gasteiger partial charge in [-0.25, -0.2) is 8.78 Å². The van der Waals surface area contributed by atoms with Gasteiger partial charge in [-0.1, -0.05) is 32.0 Å². The van der Waals surface area contributed by atoms with Gasteiger partial charge in [0.2, 0.25) is 0 Å². The third-order valence-electron chi connectivity index (χ3n) is 3.26. The van der Waals surface area contributed by atoms with Crippen molar-refractivity contribution in [3.05, 3.63) is 29.8 Å². The molecule has 0 spiro atoms. The van der Waals surface area contributed by atoms with Crippen LogP contribution >= 0.6 is 0 Å². The van der Waals surface area contributed by atoms with E-state index in [9.17, 15) is 13.6 Å². The average Bonchev–Trinajstić information content (AvgIpc) is 2.50. The highest BCUT2D eigenvalue weighted by atomic mass is 19.3. The molecular weight excluding hydrogens is 278 g/mol. The van der Waals surface area contributed by atoms with Gasteiger partial charge in [0.1, 0.15) is 5.75 Å². The van der Waals surface area contributed by atoms with Crippen molar-refractivity contribution in [1.82, 2.24) is 5.32 Å². The number of carbonyl (C=O) groups excluding carboxylic acids is 1. The van der Waals surface area contributed by atoms with Crippen LogP contribution in [0.3, 0.4) is 0 Å². The second-order valence-electron chi connectivity index (χ2n) is 4.97. The Labute approximate surface area is 123 Å². The summed E-state index contributed by atoms with van der Waals surface area (Å²) in [5, 5.41) is 2.11. The molecule has 1 amide bonds. The number of ether oxygens (including phenoxy) is 1. The van der Waals surface area contributed by atoms with Crippen LogP contribution in [0.4, 0.5) is 8.78 Å². The van der Waals surface area contributed by atoms with E-state index in [1.165, 1.54) is 0 Å². The van der Waals surface area contributed by atoms with Gasteiger partial charge in [0.05, 0.1) is 13.1 Å². The van der Waals surface area contributed by atoms with Gasteiger partial charge in [0, 0.05) is 0 Å². The van der Waals surface area contributed by atoms with Crippen molar-refractivity contribution in [3.63, 3.8) is 0 Å². The summed E-state index contributed by atoms with van der Waals surface area (Å²) in [6.45, 7) is 2.24. The fourth-order valence-corrected chi connectivity index (χ4v) is 1.73. The fraction of sp³-hybridized carbons (Fsp3) is 0.533. The quantitative estimate of drug-likeness (QED) is 0.774. The molecule has 1 aromatic rings. The number of alkyl halides is 2. The molecule has 0 aliphatic carbocycles. The van der Waals surface area contributed by atoms with Crippen LogP contribution in [0.2, 0.25) is 0 Å². The van der Waals surface area contributed by atoms with E-state index in [1.54, 1.807) is 6.07 Å². The van der Waals surface area contributed by atoms with E-state index in [0.717, 1.165) is 12.0 Å². The lowest BCUT2D eigenvalue weighted by atomic mass is 9.98. The Bertz CT molecular complexity index is 467. The van der Waals surface area contributed by atoms with Crippen LogP contribution < -0.4 is 15.8 Å². The summed E-state index contributed by atoms with van der Waals surface area (Å²) in [4.78, 5) is 11.5. The molecule has 1 aromatic carbocycles. The van der Waals surface area contributed by atoms with Crippen molar-refractivity contribution >= 4 is 5.91 Å². The highest BCUT2D eigenvalue weighted by molar-refractivity contribution is 5.77. The second kappa shape index (κ2) is 7.93. The van der Waals surface area contributed by atoms with E-state index in [2.05, 4.69) is 19.2 Å². The van der Waals surface area contributed by atoms with E-state index in [1.807, 2.05) is 18.2 Å². The van der Waals surface area contributed by atoms with Crippen LogP contribution in [0.25, 0.3) is 0 Å². The van der Waals surface area contributed by atoms with E-state index in [4.69, 9.17) is 10.5 Å². The van der Waals surface area contributed by atoms with Gasteiger partial charge in [0.25, 0.3) is 11.8 Å². The first-order valence-corrected chi connectivity index (χ1v) is 6.96. The number of hydrogen-bond donors (Lipinski definition) is 2. The Morgan fingerprint density at radius 2 is 2.10 bits per heavy atom. The molecule has 0 aromatic heterocycles. The van der Waals surface area contributed by atoms with Gasteiger partial charge >= 0.3 is 0 Å². The fourth-order valence-electron chi connectivity index (χ4n) is 1.73. The third kappa shape index (κ3) is 5.67. The first-order chi connectivity index (χ1) is 9.89. The van der Waals surface area contributed by atoms with Crippen LogP contribution in [0.1, 0.15) is 31.7 Å². The molecular formula is C15H22F2N2O2. The van der Waals surface area contributed by atoms with E-state index < -0.39 is 24.9 Å². The Balaban J connectivity index is 2.54. The summed E-state index contributed by atoms with van der Waals surface area (Å²) >= 11 is 0. The highest BCUT2D eigenvalue weighted by Crippen LogP contribution is 2.28. The Morgan fingerprint density at radius 3 is 2.71 bits per heavy atom. The minimum Gasteiger partial charge on any atom is -0.483 e. The number of halogens is 2. The van der Waals surface area contributed by atoms with Crippen molar-refractivity contribution in [2.24, 2.45) is 5.73 Å². The Morgan fingerprint density at radius 1 is 1.43 bits per heavy atom. The maximum absolute atomic E-state index is 12.9. The molecule has 1 atom stereocenters. The molecule has 0 aliphatic rings. The predicted molar refractivity (Wildman–Crippen MR) is 77.7 cm³/mol. The molecule has 6 heteroatoms. The molecule has 3 N–H and O–H groups in total. The number of benzene rings is 1. The Kier molecular flexibility index (Phi) is 6.55. The minimum absolute atomic E-state index is 0.297. The first-order valence-electron chi connectivity index (χ1n) is 6.96. The molecule has 21 heavy (non-hydrogen) atoms. The molecule has 0 bridgehead atoms. The van der Waals surface area contributed by atoms with Crippen LogP contribution in [-0.2, 0) is 4.79 Å². The largest absolute Gasteiger partial charge is 0.483 e. The van der Waals surface area contributed by atoms with Crippen LogP contribution in [0.15, 0.2) is 24.3 Å². The molecule has 1 unspecified atom stereocenters. The smallest absolute Gasteiger partial charge is 0.277 e. The Hall–Kier alpha value is -1.69. The normalized spacial score (nSPS) is 12.8. The SMILES string of the molecule is CCC(C)c1ccccc1OCC(=O)NCC(F)(F)CN. The molecule has 0 radical (unpaired) electrons. The van der Waals surface area contributed by atoms with Gasteiger partial charge in [-0.15, -0.1) is 0 Å². The zero-order chi connectivity index (χ0) is 15.9. The van der Waals surface area contributed by atoms with Crippen molar-refractivity contribution in [2.45, 2.75) is 32.1 Å². The van der Waals surface area contributed by atoms with Gasteiger partial charge < -0.3 is 15.8 Å². The summed E-state index contributed by atoms with van der Waals surface area (Å²) in [5.74, 6) is -2.79. The van der Waals surface area contributed by atoms with Gasteiger partial charge in [-0.3, -0.25) is 4.79 Å². The maximum atomic E-state index is 12.9. The number of nitrogens with one attached hydrogen (secondary N) is 1. The zero-order valence-electron chi connectivity index (χ0n) is 12.4. The lowest BCUT2D eigenvalue weighted by Gasteiger charge is -2.17. The predicted octanol–water partition coefficient (Wildman–Crippen LogP) is 2.29. The lowest BCUT2D eigenvalue weighted by Crippen LogP contribution is -2.43. The number of rotatable bonds is 8. The van der Waals surface area contributed by atoms with Crippen LogP contribution in [0.5, 0.6) is 5.75 Å². The van der Waals surface area contributed by atoms with Crippen LogP contribution in [-0.4, -0.2) is 31.5 Å². The number of amides is 1. The molecule has 0 fully saturated rings. The monoisotopic (exact) mass is 300 g/mol. The lowest BCUT2D eigenvalue weighted by molar-refractivity contribution is -0.124. The molecule has 1 rings (SSSR count). The number of para-hydroxylation sites is 1. The average molecular weight is 300 g/mol. The molecule has 0 heterocycles. The first kappa shape index (κ1) is 17.4. The van der Waals surface area contributed by atoms with E-state index in [0.29, 0.717) is 11.7 Å². The number of nitrogens with two attached hydrogens (primary N) is 1. The molecule has 0 saturated heterocycles. The van der Waals surface area contributed by atoms with E-state index in [-0.39, 0.29) is 6.61 Å². The summed E-state index contributed by atoms with van der Waals surface area (Å²) in [5.41, 5.74) is 5.89. The summed E-state index contributed by atoms with van der Waals surface area (Å²) in [6.07, 6.45) is 0.940. The molecule has 0 aliphatic heterocycles. The second-order valence-corrected chi connectivity index (χ2v) is 4.97. The van der Waals surface area contributed by atoms with Gasteiger partial charge in [-0.2, -0.15) is 0 Å². The summed E-state index contributed by atoms with van der Waals surface area (Å²) < 4.78 is 31.3. The topological polar surface area (TPSA) is 64.3 Å². The third-order valence-corrected chi connectivity index (χ3v) is 3.26. The van der Waals surface area contributed by atoms with Crippen molar-refractivity contribution in [3.8, 4) is 5.75 Å². The van der Waals surface area contributed by atoms with Crippen LogP contribution in [0, 0.1) is 0 Å². The van der Waals surface area contributed by atoms with Crippen molar-refractivity contribution < 1.29 is 18.3 Å². The standard InChI is InChI=1S/C15H22F2N2O2/c1-3-11(2)12-6-4-5-7-13(12)21-8-14(20)19-10-15(16,17)9-18/h4-7,11H,3,8-10,18H2,1-2H3,(H,19,20). The highest BCUT2D eigenvalue weighted by Gasteiger charge is 2.27. The van der Waals surface area contributed by atoms with Crippen molar-refractivity contribution in [2.75, 3.05) is 19.7 Å². The minimum atomic E-state index is -3.09.